The number of sulfonamides is 1. The number of ether oxygens (including phenoxy) is 1. The minimum atomic E-state index is -3.71. The van der Waals surface area contributed by atoms with E-state index >= 15 is 0 Å². The lowest BCUT2D eigenvalue weighted by molar-refractivity contribution is 0.0730. The first-order valence-corrected chi connectivity index (χ1v) is 10.6. The molecule has 10 heteroatoms. The molecule has 144 valence electrons. The Morgan fingerprint density at radius 3 is 2.59 bits per heavy atom. The van der Waals surface area contributed by atoms with Gasteiger partial charge in [-0.25, -0.2) is 13.4 Å². The number of benzene rings is 1. The molecule has 1 fully saturated rings. The van der Waals surface area contributed by atoms with Crippen molar-refractivity contribution in [2.45, 2.75) is 18.7 Å². The van der Waals surface area contributed by atoms with Crippen LogP contribution in [0.15, 0.2) is 28.5 Å². The number of hydrogen-bond donors (Lipinski definition) is 1. The molecule has 1 aliphatic heterocycles. The predicted molar refractivity (Wildman–Crippen MR) is 101 cm³/mol. The zero-order chi connectivity index (χ0) is 19.6. The molecule has 1 saturated heterocycles. The fourth-order valence-corrected chi connectivity index (χ4v) is 5.01. The largest absolute Gasteiger partial charge is 0.379 e. The van der Waals surface area contributed by atoms with E-state index in [1.165, 1.54) is 17.3 Å². The topological polar surface area (TPSA) is 106 Å². The van der Waals surface area contributed by atoms with Gasteiger partial charge in [0.15, 0.2) is 10.9 Å². The summed E-state index contributed by atoms with van der Waals surface area (Å²) in [5, 5.41) is 4.44. The second kappa shape index (κ2) is 7.85. The van der Waals surface area contributed by atoms with Gasteiger partial charge in [-0.15, -0.1) is 11.3 Å². The molecule has 1 aliphatic rings. The Kier molecular flexibility index (Phi) is 5.70. The molecule has 27 heavy (non-hydrogen) atoms. The monoisotopic (exact) mass is 409 g/mol. The number of carbonyl (C=O) groups excluding carboxylic acids is 2. The van der Waals surface area contributed by atoms with Gasteiger partial charge in [-0.05, 0) is 24.6 Å². The molecule has 1 aromatic heterocycles. The standard InChI is InChI=1S/C17H19N3O5S2/c1-11-3-4-13(16(22)19-17-18-14(10-26-17)12(2)21)9-15(11)27(23,24)20-5-7-25-8-6-20/h3-4,9-10H,5-8H2,1-2H3,(H,18,19,22). The number of carbonyl (C=O) groups is 2. The van der Waals surface area contributed by atoms with Gasteiger partial charge in [0.25, 0.3) is 5.91 Å². The van der Waals surface area contributed by atoms with Crippen LogP contribution in [-0.4, -0.2) is 55.7 Å². The summed E-state index contributed by atoms with van der Waals surface area (Å²) < 4.78 is 32.4. The van der Waals surface area contributed by atoms with Crippen LogP contribution in [0.4, 0.5) is 5.13 Å². The Labute approximate surface area is 161 Å². The number of nitrogens with zero attached hydrogens (tertiary/aromatic N) is 2. The van der Waals surface area contributed by atoms with E-state index in [1.54, 1.807) is 24.4 Å². The van der Waals surface area contributed by atoms with E-state index in [2.05, 4.69) is 10.3 Å². The van der Waals surface area contributed by atoms with Gasteiger partial charge in [-0.2, -0.15) is 4.31 Å². The molecule has 1 amide bonds. The molecule has 0 aliphatic carbocycles. The number of thiazole rings is 1. The Balaban J connectivity index is 1.85. The molecule has 0 spiro atoms. The number of Topliss-reactive ketones (excluding diaryl/α,β-unsaturated/α-hetero) is 1. The van der Waals surface area contributed by atoms with Gasteiger partial charge >= 0.3 is 0 Å². The van der Waals surface area contributed by atoms with Gasteiger partial charge in [0.2, 0.25) is 10.0 Å². The normalized spacial score (nSPS) is 15.5. The van der Waals surface area contributed by atoms with Crippen LogP contribution in [0.2, 0.25) is 0 Å². The van der Waals surface area contributed by atoms with Crippen molar-refractivity contribution < 1.29 is 22.7 Å². The Bertz CT molecular complexity index is 978. The van der Waals surface area contributed by atoms with Crippen molar-refractivity contribution >= 4 is 38.2 Å². The van der Waals surface area contributed by atoms with Crippen LogP contribution < -0.4 is 5.32 Å². The SMILES string of the molecule is CC(=O)c1csc(NC(=O)c2ccc(C)c(S(=O)(=O)N3CCOCC3)c2)n1. The van der Waals surface area contributed by atoms with E-state index in [4.69, 9.17) is 4.74 Å². The summed E-state index contributed by atoms with van der Waals surface area (Å²) in [5.74, 6) is -0.682. The van der Waals surface area contributed by atoms with Crippen molar-refractivity contribution in [1.82, 2.24) is 9.29 Å². The predicted octanol–water partition coefficient (Wildman–Crippen LogP) is 1.93. The van der Waals surface area contributed by atoms with Crippen molar-refractivity contribution in [1.29, 1.82) is 0 Å². The highest BCUT2D eigenvalue weighted by molar-refractivity contribution is 7.89. The van der Waals surface area contributed by atoms with Gasteiger partial charge in [-0.3, -0.25) is 14.9 Å². The molecule has 0 atom stereocenters. The maximum Gasteiger partial charge on any atom is 0.257 e. The zero-order valence-electron chi connectivity index (χ0n) is 14.9. The number of morpholine rings is 1. The minimum Gasteiger partial charge on any atom is -0.379 e. The first-order valence-electron chi connectivity index (χ1n) is 8.25. The highest BCUT2D eigenvalue weighted by atomic mass is 32.2. The average molecular weight is 409 g/mol. The molecule has 2 aromatic rings. The zero-order valence-corrected chi connectivity index (χ0v) is 16.5. The van der Waals surface area contributed by atoms with E-state index in [9.17, 15) is 18.0 Å². The second-order valence-corrected chi connectivity index (χ2v) is 8.81. The van der Waals surface area contributed by atoms with E-state index < -0.39 is 15.9 Å². The van der Waals surface area contributed by atoms with Gasteiger partial charge < -0.3 is 4.74 Å². The van der Waals surface area contributed by atoms with E-state index in [1.807, 2.05) is 0 Å². The molecule has 0 saturated carbocycles. The summed E-state index contributed by atoms with van der Waals surface area (Å²) in [6.45, 7) is 4.34. The molecular weight excluding hydrogens is 390 g/mol. The molecule has 1 N–H and O–H groups in total. The lowest BCUT2D eigenvalue weighted by Gasteiger charge is -2.26. The number of hydrogen-bond acceptors (Lipinski definition) is 7. The summed E-state index contributed by atoms with van der Waals surface area (Å²) >= 11 is 1.13. The first-order chi connectivity index (χ1) is 12.8. The molecule has 8 nitrogen and oxygen atoms in total. The third kappa shape index (κ3) is 4.24. The smallest absolute Gasteiger partial charge is 0.257 e. The number of rotatable bonds is 5. The number of nitrogens with one attached hydrogen (secondary N) is 1. The molecule has 2 heterocycles. The molecular formula is C17H19N3O5S2. The van der Waals surface area contributed by atoms with Crippen molar-refractivity contribution in [2.24, 2.45) is 0 Å². The van der Waals surface area contributed by atoms with Gasteiger partial charge in [0.1, 0.15) is 5.69 Å². The fraction of sp³-hybridized carbons (Fsp3) is 0.353. The minimum absolute atomic E-state index is 0.0978. The Morgan fingerprint density at radius 1 is 1.26 bits per heavy atom. The maximum atomic E-state index is 12.9. The highest BCUT2D eigenvalue weighted by Gasteiger charge is 2.28. The summed E-state index contributed by atoms with van der Waals surface area (Å²) in [7, 11) is -3.71. The maximum absolute atomic E-state index is 12.9. The first kappa shape index (κ1) is 19.6. The van der Waals surface area contributed by atoms with Crippen molar-refractivity contribution in [3.05, 3.63) is 40.4 Å². The highest BCUT2D eigenvalue weighted by Crippen LogP contribution is 2.23. The molecule has 0 unspecified atom stereocenters. The molecule has 3 rings (SSSR count). The van der Waals surface area contributed by atoms with Crippen molar-refractivity contribution in [3.8, 4) is 0 Å². The van der Waals surface area contributed by atoms with Crippen LogP contribution in [0.1, 0.15) is 33.3 Å². The second-order valence-electron chi connectivity index (χ2n) is 6.04. The summed E-state index contributed by atoms with van der Waals surface area (Å²) in [6.07, 6.45) is 0. The molecule has 0 bridgehead atoms. The van der Waals surface area contributed by atoms with E-state index in [0.717, 1.165) is 11.3 Å². The van der Waals surface area contributed by atoms with Crippen LogP contribution >= 0.6 is 11.3 Å². The Morgan fingerprint density at radius 2 is 1.96 bits per heavy atom. The van der Waals surface area contributed by atoms with Gasteiger partial charge in [-0.1, -0.05) is 6.07 Å². The van der Waals surface area contributed by atoms with Crippen molar-refractivity contribution in [2.75, 3.05) is 31.6 Å². The van der Waals surface area contributed by atoms with E-state index in [0.29, 0.717) is 18.8 Å². The number of aryl methyl sites for hydroxylation is 1. The summed E-state index contributed by atoms with van der Waals surface area (Å²) in [5.41, 5.74) is 1.04. The van der Waals surface area contributed by atoms with Crippen molar-refractivity contribution in [3.63, 3.8) is 0 Å². The molecule has 1 aromatic carbocycles. The lowest BCUT2D eigenvalue weighted by Crippen LogP contribution is -2.40. The van der Waals surface area contributed by atoms with Gasteiger partial charge in [0.05, 0.1) is 18.1 Å². The lowest BCUT2D eigenvalue weighted by atomic mass is 10.1. The quantitative estimate of drug-likeness (QED) is 0.757. The fourth-order valence-electron chi connectivity index (χ4n) is 2.61. The van der Waals surface area contributed by atoms with Crippen LogP contribution in [0, 0.1) is 6.92 Å². The number of ketones is 1. The third-order valence-corrected chi connectivity index (χ3v) is 6.92. The van der Waals surface area contributed by atoms with Crippen LogP contribution in [0.25, 0.3) is 0 Å². The number of anilines is 1. The third-order valence-electron chi connectivity index (χ3n) is 4.12. The number of aromatic nitrogens is 1. The van der Waals surface area contributed by atoms with Crippen LogP contribution in [0.3, 0.4) is 0 Å². The van der Waals surface area contributed by atoms with Crippen LogP contribution in [-0.2, 0) is 14.8 Å². The Hall–Kier alpha value is -2.14. The average Bonchev–Trinajstić information content (AvgIpc) is 3.11. The van der Waals surface area contributed by atoms with Gasteiger partial charge in [0, 0.05) is 31.0 Å². The summed E-state index contributed by atoms with van der Waals surface area (Å²) in [6, 6.07) is 4.53. The van der Waals surface area contributed by atoms with E-state index in [-0.39, 0.29) is 40.2 Å². The number of amides is 1. The molecule has 0 radical (unpaired) electrons. The van der Waals surface area contributed by atoms with Crippen LogP contribution in [0.5, 0.6) is 0 Å². The summed E-state index contributed by atoms with van der Waals surface area (Å²) in [4.78, 5) is 27.9.